The highest BCUT2D eigenvalue weighted by atomic mass is 16.5. The summed E-state index contributed by atoms with van der Waals surface area (Å²) in [5.74, 6) is 0.760. The molecule has 0 amide bonds. The third-order valence-electron chi connectivity index (χ3n) is 3.21. The van der Waals surface area contributed by atoms with Crippen LogP contribution in [0.2, 0.25) is 0 Å². The molecule has 4 nitrogen and oxygen atoms in total. The Morgan fingerprint density at radius 3 is 3.06 bits per heavy atom. The molecule has 1 heterocycles. The van der Waals surface area contributed by atoms with Gasteiger partial charge in [-0.1, -0.05) is 6.42 Å². The quantitative estimate of drug-likeness (QED) is 0.775. The summed E-state index contributed by atoms with van der Waals surface area (Å²) in [6.45, 7) is 1.96. The topological polar surface area (TPSA) is 61.0 Å². The summed E-state index contributed by atoms with van der Waals surface area (Å²) in [6.07, 6.45) is 6.21. The molecule has 16 heavy (non-hydrogen) atoms. The van der Waals surface area contributed by atoms with E-state index in [0.717, 1.165) is 29.9 Å². The van der Waals surface area contributed by atoms with Crippen molar-refractivity contribution in [3.05, 3.63) is 23.3 Å². The third-order valence-corrected chi connectivity index (χ3v) is 3.21. The van der Waals surface area contributed by atoms with Crippen LogP contribution in [0.25, 0.3) is 0 Å². The molecular formula is C12H19N3O. The van der Waals surface area contributed by atoms with Crippen LogP contribution in [0.15, 0.2) is 6.20 Å². The van der Waals surface area contributed by atoms with Crippen molar-refractivity contribution < 1.29 is 4.74 Å². The molecule has 0 aliphatic heterocycles. The highest BCUT2D eigenvalue weighted by molar-refractivity contribution is 5.23. The second-order valence-corrected chi connectivity index (χ2v) is 4.36. The van der Waals surface area contributed by atoms with Crippen LogP contribution in [0.4, 0.5) is 0 Å². The summed E-state index contributed by atoms with van der Waals surface area (Å²) in [4.78, 5) is 8.92. The van der Waals surface area contributed by atoms with Crippen molar-refractivity contribution in [3.63, 3.8) is 0 Å². The Balaban J connectivity index is 2.33. The standard InChI is InChI=1S/C12H19N3O/c1-8(16-2)12-14-7-9-10(13)5-3-4-6-11(9)15-12/h7-8,10H,3-6,13H2,1-2H3. The number of methoxy groups -OCH3 is 1. The SMILES string of the molecule is COC(C)c1ncc2c(n1)CCCCC2N. The van der Waals surface area contributed by atoms with Crippen LogP contribution in [0.1, 0.15) is 55.4 Å². The second-order valence-electron chi connectivity index (χ2n) is 4.36. The summed E-state index contributed by atoms with van der Waals surface area (Å²) >= 11 is 0. The lowest BCUT2D eigenvalue weighted by atomic mass is 10.1. The molecule has 0 saturated carbocycles. The molecule has 0 aromatic carbocycles. The average molecular weight is 221 g/mol. The van der Waals surface area contributed by atoms with E-state index in [9.17, 15) is 0 Å². The molecule has 2 rings (SSSR count). The monoisotopic (exact) mass is 221 g/mol. The summed E-state index contributed by atoms with van der Waals surface area (Å²) < 4.78 is 5.23. The Labute approximate surface area is 96.2 Å². The van der Waals surface area contributed by atoms with Crippen LogP contribution in [0.5, 0.6) is 0 Å². The molecule has 2 unspecified atom stereocenters. The number of aromatic nitrogens is 2. The minimum absolute atomic E-state index is 0.0511. The molecule has 0 bridgehead atoms. The first-order valence-corrected chi connectivity index (χ1v) is 5.86. The molecule has 0 radical (unpaired) electrons. The van der Waals surface area contributed by atoms with Gasteiger partial charge < -0.3 is 10.5 Å². The molecule has 0 spiro atoms. The molecule has 1 aromatic rings. The summed E-state index contributed by atoms with van der Waals surface area (Å²) in [7, 11) is 1.67. The maximum atomic E-state index is 6.09. The largest absolute Gasteiger partial charge is 0.374 e. The van der Waals surface area contributed by atoms with Gasteiger partial charge >= 0.3 is 0 Å². The summed E-state index contributed by atoms with van der Waals surface area (Å²) in [6, 6.07) is 0.101. The number of nitrogens with two attached hydrogens (primary N) is 1. The van der Waals surface area contributed by atoms with Crippen LogP contribution in [-0.2, 0) is 11.2 Å². The van der Waals surface area contributed by atoms with Gasteiger partial charge in [-0.05, 0) is 26.2 Å². The fraction of sp³-hybridized carbons (Fsp3) is 0.667. The Morgan fingerprint density at radius 1 is 1.50 bits per heavy atom. The number of hydrogen-bond acceptors (Lipinski definition) is 4. The fourth-order valence-corrected chi connectivity index (χ4v) is 2.07. The molecular weight excluding hydrogens is 202 g/mol. The van der Waals surface area contributed by atoms with Gasteiger partial charge in [0.25, 0.3) is 0 Å². The lowest BCUT2D eigenvalue weighted by Gasteiger charge is -2.14. The van der Waals surface area contributed by atoms with Crippen LogP contribution < -0.4 is 5.73 Å². The number of rotatable bonds is 2. The lowest BCUT2D eigenvalue weighted by Crippen LogP contribution is -2.14. The molecule has 2 N–H and O–H groups in total. The third kappa shape index (κ3) is 2.23. The summed E-state index contributed by atoms with van der Waals surface area (Å²) in [5, 5.41) is 0. The van der Waals surface area contributed by atoms with Crippen LogP contribution in [0, 0.1) is 0 Å². The maximum absolute atomic E-state index is 6.09. The average Bonchev–Trinajstić information content (AvgIpc) is 2.50. The molecule has 0 fully saturated rings. The minimum atomic E-state index is -0.0511. The highest BCUT2D eigenvalue weighted by Gasteiger charge is 2.18. The molecule has 4 heteroatoms. The number of fused-ring (bicyclic) bond motifs is 1. The molecule has 2 atom stereocenters. The Kier molecular flexibility index (Phi) is 3.51. The Hall–Kier alpha value is -1.00. The molecule has 1 aliphatic carbocycles. The molecule has 88 valence electrons. The molecule has 1 aromatic heterocycles. The van der Waals surface area contributed by atoms with Crippen molar-refractivity contribution in [2.45, 2.75) is 44.8 Å². The smallest absolute Gasteiger partial charge is 0.157 e. The van der Waals surface area contributed by atoms with E-state index < -0.39 is 0 Å². The van der Waals surface area contributed by atoms with Gasteiger partial charge in [0, 0.05) is 30.6 Å². The van der Waals surface area contributed by atoms with Crippen molar-refractivity contribution in [2.75, 3.05) is 7.11 Å². The first-order valence-electron chi connectivity index (χ1n) is 5.86. The van der Waals surface area contributed by atoms with E-state index in [-0.39, 0.29) is 12.1 Å². The van der Waals surface area contributed by atoms with Gasteiger partial charge in [-0.3, -0.25) is 0 Å². The van der Waals surface area contributed by atoms with Gasteiger partial charge in [0.05, 0.1) is 0 Å². The fourth-order valence-electron chi connectivity index (χ4n) is 2.07. The van der Waals surface area contributed by atoms with Gasteiger partial charge in [0.1, 0.15) is 6.10 Å². The zero-order chi connectivity index (χ0) is 11.5. The van der Waals surface area contributed by atoms with E-state index in [4.69, 9.17) is 10.5 Å². The molecule has 0 saturated heterocycles. The van der Waals surface area contributed by atoms with Crippen molar-refractivity contribution in [1.82, 2.24) is 9.97 Å². The van der Waals surface area contributed by atoms with E-state index in [1.165, 1.54) is 12.8 Å². The van der Waals surface area contributed by atoms with Gasteiger partial charge in [-0.2, -0.15) is 0 Å². The van der Waals surface area contributed by atoms with Gasteiger partial charge in [0.15, 0.2) is 5.82 Å². The lowest BCUT2D eigenvalue weighted by molar-refractivity contribution is 0.111. The van der Waals surface area contributed by atoms with E-state index in [2.05, 4.69) is 9.97 Å². The van der Waals surface area contributed by atoms with E-state index in [1.54, 1.807) is 7.11 Å². The Bertz CT molecular complexity index is 367. The molecule has 1 aliphatic rings. The zero-order valence-electron chi connectivity index (χ0n) is 9.94. The van der Waals surface area contributed by atoms with Crippen molar-refractivity contribution in [2.24, 2.45) is 5.73 Å². The number of ether oxygens (including phenoxy) is 1. The van der Waals surface area contributed by atoms with Crippen molar-refractivity contribution in [1.29, 1.82) is 0 Å². The van der Waals surface area contributed by atoms with E-state index in [0.29, 0.717) is 0 Å². The highest BCUT2D eigenvalue weighted by Crippen LogP contribution is 2.26. The Morgan fingerprint density at radius 2 is 2.31 bits per heavy atom. The van der Waals surface area contributed by atoms with E-state index in [1.807, 2.05) is 13.1 Å². The predicted octanol–water partition coefficient (Wildman–Crippen LogP) is 1.91. The number of hydrogen-bond donors (Lipinski definition) is 1. The van der Waals surface area contributed by atoms with Crippen LogP contribution in [0.3, 0.4) is 0 Å². The zero-order valence-corrected chi connectivity index (χ0v) is 9.94. The van der Waals surface area contributed by atoms with Crippen molar-refractivity contribution in [3.8, 4) is 0 Å². The van der Waals surface area contributed by atoms with Crippen molar-refractivity contribution >= 4 is 0 Å². The van der Waals surface area contributed by atoms with E-state index >= 15 is 0 Å². The van der Waals surface area contributed by atoms with Gasteiger partial charge in [-0.25, -0.2) is 9.97 Å². The van der Waals surface area contributed by atoms with Gasteiger partial charge in [0.2, 0.25) is 0 Å². The first kappa shape index (κ1) is 11.5. The first-order chi connectivity index (χ1) is 7.72. The maximum Gasteiger partial charge on any atom is 0.157 e. The van der Waals surface area contributed by atoms with Crippen LogP contribution >= 0.6 is 0 Å². The number of nitrogens with zero attached hydrogens (tertiary/aromatic N) is 2. The van der Waals surface area contributed by atoms with Gasteiger partial charge in [-0.15, -0.1) is 0 Å². The minimum Gasteiger partial charge on any atom is -0.374 e. The predicted molar refractivity (Wildman–Crippen MR) is 61.9 cm³/mol. The second kappa shape index (κ2) is 4.89. The normalized spacial score (nSPS) is 22.3. The number of aryl methyl sites for hydroxylation is 1. The summed E-state index contributed by atoms with van der Waals surface area (Å²) in [5.41, 5.74) is 8.32. The van der Waals surface area contributed by atoms with Crippen LogP contribution in [-0.4, -0.2) is 17.1 Å².